The maximum absolute atomic E-state index is 12.8. The van der Waals surface area contributed by atoms with E-state index in [0.717, 1.165) is 28.7 Å². The number of ether oxygens (including phenoxy) is 1. The largest absolute Gasteiger partial charge is 0.488 e. The van der Waals surface area contributed by atoms with E-state index in [0.29, 0.717) is 21.6 Å². The van der Waals surface area contributed by atoms with Crippen molar-refractivity contribution in [2.24, 2.45) is 0 Å². The lowest BCUT2D eigenvalue weighted by Gasteiger charge is -2.10. The predicted molar refractivity (Wildman–Crippen MR) is 136 cm³/mol. The fraction of sp³-hybridized carbons (Fsp3) is 0.0800. The van der Waals surface area contributed by atoms with Crippen molar-refractivity contribution < 1.29 is 17.9 Å². The van der Waals surface area contributed by atoms with E-state index in [2.05, 4.69) is 21.2 Å². The summed E-state index contributed by atoms with van der Waals surface area (Å²) in [5.41, 5.74) is 3.24. The third kappa shape index (κ3) is 5.90. The first-order valence-corrected chi connectivity index (χ1v) is 13.5. The lowest BCUT2D eigenvalue weighted by atomic mass is 10.1. The SMILES string of the molecule is CS(=O)(=O)c1cc(Br)cc(NC(=O)c2cc(-c3ccccc3OCc3ccccc3)cs2)c1. The third-order valence-corrected chi connectivity index (χ3v) is 7.29. The molecule has 1 aromatic heterocycles. The summed E-state index contributed by atoms with van der Waals surface area (Å²) in [4.78, 5) is 13.5. The molecule has 1 N–H and O–H groups in total. The van der Waals surface area contributed by atoms with Crippen molar-refractivity contribution in [3.8, 4) is 16.9 Å². The first-order chi connectivity index (χ1) is 15.8. The Morgan fingerprint density at radius 3 is 2.48 bits per heavy atom. The Kier molecular flexibility index (Phi) is 6.97. The molecule has 0 fully saturated rings. The van der Waals surface area contributed by atoms with Crippen LogP contribution in [-0.4, -0.2) is 20.6 Å². The fourth-order valence-corrected chi connectivity index (χ4v) is 5.33. The zero-order chi connectivity index (χ0) is 23.4. The zero-order valence-electron chi connectivity index (χ0n) is 17.6. The molecule has 0 saturated carbocycles. The third-order valence-electron chi connectivity index (χ3n) is 4.82. The van der Waals surface area contributed by atoms with Crippen molar-refractivity contribution in [2.75, 3.05) is 11.6 Å². The van der Waals surface area contributed by atoms with Gasteiger partial charge in [-0.05, 0) is 46.8 Å². The van der Waals surface area contributed by atoms with Gasteiger partial charge >= 0.3 is 0 Å². The average molecular weight is 542 g/mol. The van der Waals surface area contributed by atoms with Crippen molar-refractivity contribution >= 4 is 48.7 Å². The highest BCUT2D eigenvalue weighted by molar-refractivity contribution is 9.10. The number of hydrogen-bond acceptors (Lipinski definition) is 5. The van der Waals surface area contributed by atoms with Crippen LogP contribution in [0.2, 0.25) is 0 Å². The van der Waals surface area contributed by atoms with Crippen LogP contribution in [-0.2, 0) is 16.4 Å². The van der Waals surface area contributed by atoms with Crippen molar-refractivity contribution in [1.82, 2.24) is 0 Å². The molecule has 1 heterocycles. The molecule has 3 aromatic carbocycles. The number of rotatable bonds is 7. The number of halogens is 1. The van der Waals surface area contributed by atoms with E-state index in [1.165, 1.54) is 23.5 Å². The van der Waals surface area contributed by atoms with Crippen LogP contribution in [0.15, 0.2) is 93.6 Å². The lowest BCUT2D eigenvalue weighted by molar-refractivity contribution is 0.103. The molecule has 5 nitrogen and oxygen atoms in total. The Hall–Kier alpha value is -2.94. The second kappa shape index (κ2) is 9.91. The maximum atomic E-state index is 12.8. The summed E-state index contributed by atoms with van der Waals surface area (Å²) in [7, 11) is -3.40. The molecular formula is C25H20BrNO4S2. The molecule has 4 rings (SSSR count). The van der Waals surface area contributed by atoms with Crippen molar-refractivity contribution in [3.63, 3.8) is 0 Å². The number of anilines is 1. The first kappa shape index (κ1) is 23.2. The van der Waals surface area contributed by atoms with Crippen LogP contribution in [0, 0.1) is 0 Å². The maximum Gasteiger partial charge on any atom is 0.265 e. The van der Waals surface area contributed by atoms with Gasteiger partial charge in [0.05, 0.1) is 9.77 Å². The van der Waals surface area contributed by atoms with Gasteiger partial charge in [-0.25, -0.2) is 8.42 Å². The van der Waals surface area contributed by atoms with E-state index >= 15 is 0 Å². The second-order valence-electron chi connectivity index (χ2n) is 7.37. The highest BCUT2D eigenvalue weighted by Gasteiger charge is 2.15. The molecule has 0 unspecified atom stereocenters. The number of carbonyl (C=O) groups is 1. The summed E-state index contributed by atoms with van der Waals surface area (Å²) in [5, 5.41) is 4.69. The summed E-state index contributed by atoms with van der Waals surface area (Å²) in [6.07, 6.45) is 1.13. The summed E-state index contributed by atoms with van der Waals surface area (Å²) in [6.45, 7) is 0.445. The Bertz CT molecular complexity index is 1400. The molecule has 0 saturated heterocycles. The zero-order valence-corrected chi connectivity index (χ0v) is 20.8. The average Bonchev–Trinajstić information content (AvgIpc) is 3.28. The quantitative estimate of drug-likeness (QED) is 0.293. The Morgan fingerprint density at radius 2 is 1.73 bits per heavy atom. The smallest absolute Gasteiger partial charge is 0.265 e. The molecule has 0 aliphatic rings. The standard InChI is InChI=1S/C25H20BrNO4S2/c1-33(29,30)21-13-19(26)12-20(14-21)27-25(28)24-11-18(16-32-24)22-9-5-6-10-23(22)31-15-17-7-3-2-4-8-17/h2-14,16H,15H2,1H3,(H,27,28). The molecule has 0 aliphatic carbocycles. The van der Waals surface area contributed by atoms with Gasteiger partial charge in [0.1, 0.15) is 12.4 Å². The monoisotopic (exact) mass is 541 g/mol. The van der Waals surface area contributed by atoms with Crippen LogP contribution in [0.4, 0.5) is 5.69 Å². The van der Waals surface area contributed by atoms with E-state index in [1.54, 1.807) is 12.1 Å². The van der Waals surface area contributed by atoms with Crippen LogP contribution >= 0.6 is 27.3 Å². The molecule has 168 valence electrons. The Morgan fingerprint density at radius 1 is 1.00 bits per heavy atom. The molecule has 0 aliphatic heterocycles. The Labute approximate surface area is 205 Å². The van der Waals surface area contributed by atoms with Gasteiger partial charge in [-0.2, -0.15) is 0 Å². The highest BCUT2D eigenvalue weighted by Crippen LogP contribution is 2.34. The number of para-hydroxylation sites is 1. The Balaban J connectivity index is 1.53. The molecular weight excluding hydrogens is 522 g/mol. The normalized spacial score (nSPS) is 11.2. The van der Waals surface area contributed by atoms with E-state index in [1.807, 2.05) is 60.0 Å². The topological polar surface area (TPSA) is 72.5 Å². The van der Waals surface area contributed by atoms with Gasteiger partial charge in [0.25, 0.3) is 5.91 Å². The summed E-state index contributed by atoms with van der Waals surface area (Å²) in [5.74, 6) is 0.419. The van der Waals surface area contributed by atoms with Crippen LogP contribution in [0.3, 0.4) is 0 Å². The van der Waals surface area contributed by atoms with Crippen molar-refractivity contribution in [3.05, 3.63) is 99.2 Å². The number of thiophene rings is 1. The fourth-order valence-electron chi connectivity index (χ4n) is 3.20. The van der Waals surface area contributed by atoms with Gasteiger partial charge in [0.2, 0.25) is 0 Å². The van der Waals surface area contributed by atoms with Gasteiger partial charge < -0.3 is 10.1 Å². The number of hydrogen-bond donors (Lipinski definition) is 1. The molecule has 4 aromatic rings. The van der Waals surface area contributed by atoms with E-state index < -0.39 is 9.84 Å². The predicted octanol–water partition coefficient (Wildman–Crippen LogP) is 6.41. The lowest BCUT2D eigenvalue weighted by Crippen LogP contribution is -2.11. The van der Waals surface area contributed by atoms with Gasteiger partial charge in [0.15, 0.2) is 9.84 Å². The van der Waals surface area contributed by atoms with Gasteiger partial charge in [-0.3, -0.25) is 4.79 Å². The minimum absolute atomic E-state index is 0.128. The number of nitrogens with one attached hydrogen (secondary N) is 1. The minimum atomic E-state index is -3.40. The molecule has 8 heteroatoms. The van der Waals surface area contributed by atoms with Crippen LogP contribution in [0.1, 0.15) is 15.2 Å². The van der Waals surface area contributed by atoms with Gasteiger partial charge in [0, 0.05) is 22.0 Å². The number of sulfone groups is 1. The number of carbonyl (C=O) groups excluding carboxylic acids is 1. The van der Waals surface area contributed by atoms with E-state index in [4.69, 9.17) is 4.74 Å². The minimum Gasteiger partial charge on any atom is -0.488 e. The van der Waals surface area contributed by atoms with Crippen LogP contribution in [0.25, 0.3) is 11.1 Å². The summed E-state index contributed by atoms with van der Waals surface area (Å²) >= 11 is 4.61. The molecule has 0 bridgehead atoms. The van der Waals surface area contributed by atoms with Gasteiger partial charge in [-0.1, -0.05) is 64.5 Å². The molecule has 1 amide bonds. The summed E-state index contributed by atoms with van der Waals surface area (Å²) in [6, 6.07) is 24.0. The molecule has 0 atom stereocenters. The van der Waals surface area contributed by atoms with Gasteiger partial charge in [-0.15, -0.1) is 11.3 Å². The highest BCUT2D eigenvalue weighted by atomic mass is 79.9. The number of amides is 1. The summed E-state index contributed by atoms with van der Waals surface area (Å²) < 4.78 is 30.4. The van der Waals surface area contributed by atoms with E-state index in [9.17, 15) is 13.2 Å². The van der Waals surface area contributed by atoms with Crippen LogP contribution in [0.5, 0.6) is 5.75 Å². The second-order valence-corrected chi connectivity index (χ2v) is 11.2. The van der Waals surface area contributed by atoms with Crippen molar-refractivity contribution in [1.29, 1.82) is 0 Å². The molecule has 0 radical (unpaired) electrons. The molecule has 33 heavy (non-hydrogen) atoms. The molecule has 0 spiro atoms. The van der Waals surface area contributed by atoms with Crippen LogP contribution < -0.4 is 10.1 Å². The van der Waals surface area contributed by atoms with E-state index in [-0.39, 0.29) is 10.8 Å². The van der Waals surface area contributed by atoms with Crippen molar-refractivity contribution in [2.45, 2.75) is 11.5 Å². The number of benzene rings is 3. The first-order valence-electron chi connectivity index (χ1n) is 9.96.